The van der Waals surface area contributed by atoms with Crippen LogP contribution in [0.25, 0.3) is 0 Å². The van der Waals surface area contributed by atoms with Gasteiger partial charge in [-0.25, -0.2) is 4.79 Å². The molecule has 0 spiro atoms. The highest BCUT2D eigenvalue weighted by Gasteiger charge is 2.07. The second-order valence-corrected chi connectivity index (χ2v) is 3.88. The van der Waals surface area contributed by atoms with Gasteiger partial charge in [-0.1, -0.05) is 6.92 Å². The zero-order valence-corrected chi connectivity index (χ0v) is 10.6. The second kappa shape index (κ2) is 6.63. The lowest BCUT2D eigenvalue weighted by Gasteiger charge is -2.06. The summed E-state index contributed by atoms with van der Waals surface area (Å²) in [5.41, 5.74) is 1.91. The van der Waals surface area contributed by atoms with E-state index in [1.54, 1.807) is 4.68 Å². The predicted molar refractivity (Wildman–Crippen MR) is 65.1 cm³/mol. The third kappa shape index (κ3) is 4.44. The molecule has 7 nitrogen and oxygen atoms in total. The molecule has 1 heterocycles. The molecule has 3 N–H and O–H groups in total. The molecular weight excluding hydrogens is 236 g/mol. The Morgan fingerprint density at radius 3 is 2.78 bits per heavy atom. The zero-order valence-electron chi connectivity index (χ0n) is 10.6. The molecule has 0 atom stereocenters. The van der Waals surface area contributed by atoms with Crippen LogP contribution >= 0.6 is 0 Å². The summed E-state index contributed by atoms with van der Waals surface area (Å²) < 4.78 is 1.71. The zero-order chi connectivity index (χ0) is 13.5. The fourth-order valence-corrected chi connectivity index (χ4v) is 1.55. The second-order valence-electron chi connectivity index (χ2n) is 3.88. The summed E-state index contributed by atoms with van der Waals surface area (Å²) in [6, 6.07) is -0.373. The molecule has 0 unspecified atom stereocenters. The minimum atomic E-state index is -0.934. The molecule has 0 saturated carbocycles. The average molecular weight is 254 g/mol. The van der Waals surface area contributed by atoms with Gasteiger partial charge in [0.15, 0.2) is 0 Å². The van der Waals surface area contributed by atoms with E-state index in [1.807, 2.05) is 20.2 Å². The fraction of sp³-hybridized carbons (Fsp3) is 0.545. The predicted octanol–water partition coefficient (Wildman–Crippen LogP) is 0.256. The molecule has 7 heteroatoms. The van der Waals surface area contributed by atoms with Crippen LogP contribution in [0.3, 0.4) is 0 Å². The number of aryl methyl sites for hydroxylation is 2. The van der Waals surface area contributed by atoms with Crippen LogP contribution in [0.5, 0.6) is 0 Å². The molecule has 1 rings (SSSR count). The van der Waals surface area contributed by atoms with Gasteiger partial charge < -0.3 is 15.7 Å². The van der Waals surface area contributed by atoms with Crippen molar-refractivity contribution >= 4 is 12.0 Å². The number of carboxylic acid groups (broad SMARTS) is 1. The minimum absolute atomic E-state index is 0.0828. The quantitative estimate of drug-likeness (QED) is 0.678. The highest BCUT2D eigenvalue weighted by atomic mass is 16.4. The van der Waals surface area contributed by atoms with Crippen molar-refractivity contribution in [1.82, 2.24) is 20.4 Å². The van der Waals surface area contributed by atoms with Crippen molar-refractivity contribution in [2.75, 3.05) is 6.54 Å². The van der Waals surface area contributed by atoms with E-state index in [-0.39, 0.29) is 19.0 Å². The Morgan fingerprint density at radius 2 is 2.17 bits per heavy atom. The number of amides is 2. The van der Waals surface area contributed by atoms with E-state index in [2.05, 4.69) is 15.7 Å². The molecule has 0 aliphatic rings. The number of nitrogens with one attached hydrogen (secondary N) is 2. The maximum absolute atomic E-state index is 11.4. The fourth-order valence-electron chi connectivity index (χ4n) is 1.55. The Balaban J connectivity index is 2.35. The first-order chi connectivity index (χ1) is 8.52. The van der Waals surface area contributed by atoms with E-state index < -0.39 is 5.97 Å². The normalized spacial score (nSPS) is 10.1. The van der Waals surface area contributed by atoms with E-state index >= 15 is 0 Å². The molecular formula is C11H18N4O3. The first-order valence-electron chi connectivity index (χ1n) is 5.77. The largest absolute Gasteiger partial charge is 0.481 e. The van der Waals surface area contributed by atoms with E-state index in [4.69, 9.17) is 5.11 Å². The molecule has 0 radical (unpaired) electrons. The van der Waals surface area contributed by atoms with Crippen molar-refractivity contribution in [2.24, 2.45) is 7.05 Å². The van der Waals surface area contributed by atoms with Gasteiger partial charge in [-0.3, -0.25) is 9.48 Å². The number of carbonyl (C=O) groups is 2. The number of urea groups is 1. The lowest BCUT2D eigenvalue weighted by Crippen LogP contribution is -2.36. The molecule has 0 fully saturated rings. The standard InChI is InChI=1S/C11H18N4O3/c1-3-9-8(7-15(2)14-9)6-13-11(18)12-5-4-10(16)17/h7H,3-6H2,1-2H3,(H,16,17)(H2,12,13,18). The summed E-state index contributed by atoms with van der Waals surface area (Å²) in [7, 11) is 1.83. The van der Waals surface area contributed by atoms with Crippen LogP contribution in [0.1, 0.15) is 24.6 Å². The van der Waals surface area contributed by atoms with Gasteiger partial charge in [-0.15, -0.1) is 0 Å². The summed E-state index contributed by atoms with van der Waals surface area (Å²) in [5.74, 6) is -0.934. The summed E-state index contributed by atoms with van der Waals surface area (Å²) in [6.07, 6.45) is 2.58. The van der Waals surface area contributed by atoms with Gasteiger partial charge in [-0.2, -0.15) is 5.10 Å². The van der Waals surface area contributed by atoms with Crippen molar-refractivity contribution in [1.29, 1.82) is 0 Å². The van der Waals surface area contributed by atoms with Gasteiger partial charge in [0.1, 0.15) is 0 Å². The number of hydrogen-bond donors (Lipinski definition) is 3. The van der Waals surface area contributed by atoms with Crippen LogP contribution in [0, 0.1) is 0 Å². The Morgan fingerprint density at radius 1 is 1.44 bits per heavy atom. The molecule has 0 saturated heterocycles. The SMILES string of the molecule is CCc1nn(C)cc1CNC(=O)NCCC(=O)O. The maximum atomic E-state index is 11.4. The van der Waals surface area contributed by atoms with Crippen LogP contribution in [-0.2, 0) is 24.8 Å². The van der Waals surface area contributed by atoms with Crippen molar-refractivity contribution in [2.45, 2.75) is 26.3 Å². The molecule has 0 aliphatic heterocycles. The van der Waals surface area contributed by atoms with Crippen molar-refractivity contribution < 1.29 is 14.7 Å². The van der Waals surface area contributed by atoms with Crippen LogP contribution in [-0.4, -0.2) is 33.4 Å². The van der Waals surface area contributed by atoms with Gasteiger partial charge in [0.05, 0.1) is 12.1 Å². The third-order valence-electron chi connectivity index (χ3n) is 2.39. The number of nitrogens with zero attached hydrogens (tertiary/aromatic N) is 2. The molecule has 0 aliphatic carbocycles. The number of carboxylic acids is 1. The number of rotatable bonds is 6. The molecule has 1 aromatic rings. The average Bonchev–Trinajstić information content (AvgIpc) is 2.66. The van der Waals surface area contributed by atoms with E-state index in [0.29, 0.717) is 6.54 Å². The highest BCUT2D eigenvalue weighted by Crippen LogP contribution is 2.06. The molecule has 2 amide bonds. The Bertz CT molecular complexity index is 428. The maximum Gasteiger partial charge on any atom is 0.315 e. The monoisotopic (exact) mass is 254 g/mol. The lowest BCUT2D eigenvalue weighted by molar-refractivity contribution is -0.136. The number of aliphatic carboxylic acids is 1. The first-order valence-corrected chi connectivity index (χ1v) is 5.77. The van der Waals surface area contributed by atoms with Gasteiger partial charge in [0.2, 0.25) is 0 Å². The van der Waals surface area contributed by atoms with Crippen molar-refractivity contribution in [3.8, 4) is 0 Å². The molecule has 1 aromatic heterocycles. The van der Waals surface area contributed by atoms with Crippen molar-refractivity contribution in [3.05, 3.63) is 17.5 Å². The van der Waals surface area contributed by atoms with Crippen LogP contribution in [0.2, 0.25) is 0 Å². The van der Waals surface area contributed by atoms with Crippen LogP contribution in [0.4, 0.5) is 4.79 Å². The van der Waals surface area contributed by atoms with E-state index in [1.165, 1.54) is 0 Å². The minimum Gasteiger partial charge on any atom is -0.481 e. The van der Waals surface area contributed by atoms with Crippen LogP contribution < -0.4 is 10.6 Å². The molecule has 0 bridgehead atoms. The molecule has 18 heavy (non-hydrogen) atoms. The Hall–Kier alpha value is -2.05. The van der Waals surface area contributed by atoms with Gasteiger partial charge in [0, 0.05) is 31.9 Å². The van der Waals surface area contributed by atoms with Crippen molar-refractivity contribution in [3.63, 3.8) is 0 Å². The number of aromatic nitrogens is 2. The van der Waals surface area contributed by atoms with Crippen LogP contribution in [0.15, 0.2) is 6.20 Å². The third-order valence-corrected chi connectivity index (χ3v) is 2.39. The highest BCUT2D eigenvalue weighted by molar-refractivity contribution is 5.74. The smallest absolute Gasteiger partial charge is 0.315 e. The van der Waals surface area contributed by atoms with Gasteiger partial charge in [-0.05, 0) is 6.42 Å². The summed E-state index contributed by atoms with van der Waals surface area (Å²) >= 11 is 0. The Labute approximate surface area is 105 Å². The molecule has 100 valence electrons. The summed E-state index contributed by atoms with van der Waals surface area (Å²) in [5, 5.41) is 17.8. The number of hydrogen-bond acceptors (Lipinski definition) is 3. The summed E-state index contributed by atoms with van der Waals surface area (Å²) in [6.45, 7) is 2.50. The van der Waals surface area contributed by atoms with E-state index in [9.17, 15) is 9.59 Å². The first kappa shape index (κ1) is 14.0. The van der Waals surface area contributed by atoms with E-state index in [0.717, 1.165) is 17.7 Å². The topological polar surface area (TPSA) is 96.3 Å². The van der Waals surface area contributed by atoms with Gasteiger partial charge in [0.25, 0.3) is 0 Å². The molecule has 0 aromatic carbocycles. The summed E-state index contributed by atoms with van der Waals surface area (Å²) in [4.78, 5) is 21.6. The Kier molecular flexibility index (Phi) is 5.16. The lowest BCUT2D eigenvalue weighted by atomic mass is 10.2. The number of carbonyl (C=O) groups excluding carboxylic acids is 1. The van der Waals surface area contributed by atoms with Gasteiger partial charge >= 0.3 is 12.0 Å².